The lowest BCUT2D eigenvalue weighted by Crippen LogP contribution is -2.18. The first-order chi connectivity index (χ1) is 9.77. The Bertz CT molecular complexity index is 701. The number of nitrogens with one attached hydrogen (secondary N) is 1. The van der Waals surface area contributed by atoms with Crippen LogP contribution in [0.25, 0.3) is 0 Å². The molecule has 21 heavy (non-hydrogen) atoms. The summed E-state index contributed by atoms with van der Waals surface area (Å²) >= 11 is 0. The Labute approximate surface area is 124 Å². The topological polar surface area (TPSA) is 98.2 Å². The van der Waals surface area contributed by atoms with Gasteiger partial charge in [0.2, 0.25) is 15.9 Å². The molecule has 1 unspecified atom stereocenters. The van der Waals surface area contributed by atoms with Crippen LogP contribution in [-0.2, 0) is 16.6 Å². The fourth-order valence-corrected chi connectivity index (χ4v) is 2.43. The second-order valence-electron chi connectivity index (χ2n) is 4.97. The molecule has 2 rings (SSSR count). The summed E-state index contributed by atoms with van der Waals surface area (Å²) in [5.41, 5.74) is 1.85. The summed E-state index contributed by atoms with van der Waals surface area (Å²) in [4.78, 5) is 4.41. The average molecular weight is 309 g/mol. The third kappa shape index (κ3) is 3.90. The monoisotopic (exact) mass is 309 g/mol. The van der Waals surface area contributed by atoms with Gasteiger partial charge in [0.05, 0.1) is 17.1 Å². The molecule has 0 saturated carbocycles. The Morgan fingerprint density at radius 2 is 1.90 bits per heavy atom. The molecule has 1 heterocycles. The summed E-state index contributed by atoms with van der Waals surface area (Å²) in [5, 5.41) is 8.35. The molecule has 0 aliphatic carbocycles. The van der Waals surface area contributed by atoms with Crippen LogP contribution >= 0.6 is 0 Å². The molecular formula is C14H19N3O3S. The zero-order valence-electron chi connectivity index (χ0n) is 12.3. The molecule has 0 aliphatic heterocycles. The maximum atomic E-state index is 11.2. The van der Waals surface area contributed by atoms with E-state index in [4.69, 9.17) is 9.56 Å². The standard InChI is InChI=1S/C14H19N3O3S/c1-9-11(3)20-14(17-9)8-16-10(2)12-4-6-13(7-5-12)21(15,18)19/h4-7,10,16H,8H2,1-3H3,(H2,15,18,19). The molecule has 2 aromatic rings. The van der Waals surface area contributed by atoms with Crippen molar-refractivity contribution in [2.24, 2.45) is 5.14 Å². The molecule has 3 N–H and O–H groups in total. The van der Waals surface area contributed by atoms with Crippen LogP contribution in [-0.4, -0.2) is 13.4 Å². The Morgan fingerprint density at radius 1 is 1.29 bits per heavy atom. The first-order valence-electron chi connectivity index (χ1n) is 6.56. The number of hydrogen-bond donors (Lipinski definition) is 2. The van der Waals surface area contributed by atoms with Crippen molar-refractivity contribution in [2.45, 2.75) is 38.3 Å². The van der Waals surface area contributed by atoms with Crippen molar-refractivity contribution < 1.29 is 12.8 Å². The highest BCUT2D eigenvalue weighted by molar-refractivity contribution is 7.89. The third-order valence-electron chi connectivity index (χ3n) is 3.34. The van der Waals surface area contributed by atoms with Gasteiger partial charge in [0.25, 0.3) is 0 Å². The highest BCUT2D eigenvalue weighted by Crippen LogP contribution is 2.16. The van der Waals surface area contributed by atoms with E-state index in [0.29, 0.717) is 12.4 Å². The Balaban J connectivity index is 2.01. The minimum absolute atomic E-state index is 0.0343. The maximum absolute atomic E-state index is 11.2. The van der Waals surface area contributed by atoms with Crippen molar-refractivity contribution in [3.63, 3.8) is 0 Å². The summed E-state index contributed by atoms with van der Waals surface area (Å²) in [7, 11) is -3.65. The van der Waals surface area contributed by atoms with Crippen LogP contribution in [0, 0.1) is 13.8 Å². The van der Waals surface area contributed by atoms with Gasteiger partial charge in [0.1, 0.15) is 5.76 Å². The maximum Gasteiger partial charge on any atom is 0.238 e. The van der Waals surface area contributed by atoms with E-state index < -0.39 is 10.0 Å². The van der Waals surface area contributed by atoms with Crippen molar-refractivity contribution in [1.82, 2.24) is 10.3 Å². The highest BCUT2D eigenvalue weighted by atomic mass is 32.2. The number of aryl methyl sites for hydroxylation is 2. The Kier molecular flexibility index (Phi) is 4.46. The van der Waals surface area contributed by atoms with Gasteiger partial charge in [0, 0.05) is 6.04 Å². The van der Waals surface area contributed by atoms with Gasteiger partial charge >= 0.3 is 0 Å². The first-order valence-corrected chi connectivity index (χ1v) is 8.11. The van der Waals surface area contributed by atoms with Gasteiger partial charge in [0.15, 0.2) is 0 Å². The SMILES string of the molecule is Cc1nc(CNC(C)c2ccc(S(N)(=O)=O)cc2)oc1C. The average Bonchev–Trinajstić information content (AvgIpc) is 2.74. The summed E-state index contributed by atoms with van der Waals surface area (Å²) in [6.07, 6.45) is 0. The minimum atomic E-state index is -3.65. The lowest BCUT2D eigenvalue weighted by molar-refractivity contribution is 0.432. The minimum Gasteiger partial charge on any atom is -0.444 e. The molecule has 7 heteroatoms. The second-order valence-corrected chi connectivity index (χ2v) is 6.53. The van der Waals surface area contributed by atoms with Crippen LogP contribution in [0.1, 0.15) is 35.9 Å². The summed E-state index contributed by atoms with van der Waals surface area (Å²) < 4.78 is 27.9. The summed E-state index contributed by atoms with van der Waals surface area (Å²) in [6, 6.07) is 6.52. The predicted octanol–water partition coefficient (Wildman–Crippen LogP) is 1.79. The van der Waals surface area contributed by atoms with Crippen LogP contribution in [0.2, 0.25) is 0 Å². The highest BCUT2D eigenvalue weighted by Gasteiger charge is 2.11. The van der Waals surface area contributed by atoms with E-state index in [1.54, 1.807) is 12.1 Å². The molecular weight excluding hydrogens is 290 g/mol. The fourth-order valence-electron chi connectivity index (χ4n) is 1.92. The van der Waals surface area contributed by atoms with E-state index in [9.17, 15) is 8.42 Å². The zero-order chi connectivity index (χ0) is 15.6. The van der Waals surface area contributed by atoms with Gasteiger partial charge in [-0.25, -0.2) is 18.5 Å². The molecule has 0 saturated heterocycles. The van der Waals surface area contributed by atoms with Gasteiger partial charge in [-0.2, -0.15) is 0 Å². The fraction of sp³-hybridized carbons (Fsp3) is 0.357. The van der Waals surface area contributed by atoms with Gasteiger partial charge in [-0.15, -0.1) is 0 Å². The van der Waals surface area contributed by atoms with Gasteiger partial charge < -0.3 is 9.73 Å². The van der Waals surface area contributed by atoms with Crippen molar-refractivity contribution >= 4 is 10.0 Å². The number of benzene rings is 1. The number of primary sulfonamides is 1. The molecule has 0 aliphatic rings. The van der Waals surface area contributed by atoms with E-state index in [2.05, 4.69) is 10.3 Å². The number of nitrogens with zero attached hydrogens (tertiary/aromatic N) is 1. The summed E-state index contributed by atoms with van der Waals surface area (Å²) in [6.45, 7) is 6.26. The van der Waals surface area contributed by atoms with Crippen LogP contribution in [0.4, 0.5) is 0 Å². The van der Waals surface area contributed by atoms with Crippen LogP contribution in [0.15, 0.2) is 33.6 Å². The number of aromatic nitrogens is 1. The number of sulfonamides is 1. The summed E-state index contributed by atoms with van der Waals surface area (Å²) in [5.74, 6) is 1.45. The van der Waals surface area contributed by atoms with E-state index in [-0.39, 0.29) is 10.9 Å². The van der Waals surface area contributed by atoms with Crippen molar-refractivity contribution in [1.29, 1.82) is 0 Å². The Hall–Kier alpha value is -1.70. The van der Waals surface area contributed by atoms with Gasteiger partial charge in [-0.3, -0.25) is 0 Å². The molecule has 0 amide bonds. The predicted molar refractivity (Wildman–Crippen MR) is 79.0 cm³/mol. The molecule has 0 fully saturated rings. The molecule has 0 spiro atoms. The van der Waals surface area contributed by atoms with Crippen molar-refractivity contribution in [2.75, 3.05) is 0 Å². The lowest BCUT2D eigenvalue weighted by Gasteiger charge is -2.13. The zero-order valence-corrected chi connectivity index (χ0v) is 13.1. The number of hydrogen-bond acceptors (Lipinski definition) is 5. The normalized spacial score (nSPS) is 13.3. The molecule has 114 valence electrons. The molecule has 6 nitrogen and oxygen atoms in total. The molecule has 1 aromatic heterocycles. The van der Waals surface area contributed by atoms with Gasteiger partial charge in [-0.05, 0) is 38.5 Å². The van der Waals surface area contributed by atoms with E-state index in [0.717, 1.165) is 17.0 Å². The van der Waals surface area contributed by atoms with E-state index in [1.807, 2.05) is 20.8 Å². The van der Waals surface area contributed by atoms with Crippen molar-refractivity contribution in [3.8, 4) is 0 Å². The molecule has 1 aromatic carbocycles. The number of rotatable bonds is 5. The lowest BCUT2D eigenvalue weighted by atomic mass is 10.1. The number of oxazole rings is 1. The van der Waals surface area contributed by atoms with Gasteiger partial charge in [-0.1, -0.05) is 12.1 Å². The van der Waals surface area contributed by atoms with E-state index in [1.165, 1.54) is 12.1 Å². The van der Waals surface area contributed by atoms with Crippen molar-refractivity contribution in [3.05, 3.63) is 47.2 Å². The largest absolute Gasteiger partial charge is 0.444 e. The van der Waals surface area contributed by atoms with E-state index >= 15 is 0 Å². The van der Waals surface area contributed by atoms with Crippen LogP contribution in [0.5, 0.6) is 0 Å². The Morgan fingerprint density at radius 3 is 2.38 bits per heavy atom. The molecule has 1 atom stereocenters. The molecule has 0 radical (unpaired) electrons. The van der Waals surface area contributed by atoms with Crippen LogP contribution in [0.3, 0.4) is 0 Å². The molecule has 0 bridgehead atoms. The van der Waals surface area contributed by atoms with Crippen LogP contribution < -0.4 is 10.5 Å². The first kappa shape index (κ1) is 15.7. The second kappa shape index (κ2) is 5.97. The number of nitrogens with two attached hydrogens (primary N) is 1. The third-order valence-corrected chi connectivity index (χ3v) is 4.27. The quantitative estimate of drug-likeness (QED) is 0.877. The smallest absolute Gasteiger partial charge is 0.238 e.